The van der Waals surface area contributed by atoms with Crippen molar-refractivity contribution in [3.8, 4) is 0 Å². The molecule has 0 aromatic heterocycles. The molecule has 2 rings (SSSR count). The smallest absolute Gasteiger partial charge is 0.316 e. The van der Waals surface area contributed by atoms with Gasteiger partial charge in [0.2, 0.25) is 0 Å². The Hall–Kier alpha value is -1.12. The van der Waals surface area contributed by atoms with Crippen LogP contribution in [0.5, 0.6) is 0 Å². The minimum absolute atomic E-state index is 0.0587. The predicted octanol–water partition coefficient (Wildman–Crippen LogP) is 3.57. The van der Waals surface area contributed by atoms with Crippen LogP contribution in [0.25, 0.3) is 0 Å². The number of rotatable bonds is 5. The Morgan fingerprint density at radius 3 is 1.79 bits per heavy atom. The minimum Gasteiger partial charge on any atom is -0.326 e. The molecule has 0 radical (unpaired) electrons. The van der Waals surface area contributed by atoms with E-state index < -0.39 is 13.1 Å². The molecule has 0 spiro atoms. The van der Waals surface area contributed by atoms with Gasteiger partial charge in [-0.25, -0.2) is 0 Å². The van der Waals surface area contributed by atoms with Gasteiger partial charge in [-0.15, -0.1) is 11.6 Å². The van der Waals surface area contributed by atoms with Gasteiger partial charge in [-0.2, -0.15) is 0 Å². The van der Waals surface area contributed by atoms with Gasteiger partial charge >= 0.3 is 8.25 Å². The standard InChI is InChI=1S/C14H14ClO3P/c15-14(11-18-19(16)17,12-7-3-1-4-8-12)13-9-5-2-6-10-13/h1-10,19H,11H2,(H,16,17). The second kappa shape index (κ2) is 6.36. The largest absolute Gasteiger partial charge is 0.326 e. The Balaban J connectivity index is 2.41. The summed E-state index contributed by atoms with van der Waals surface area (Å²) in [5.41, 5.74) is 1.65. The number of hydrogen-bond acceptors (Lipinski definition) is 2. The zero-order valence-corrected chi connectivity index (χ0v) is 11.9. The molecular formula is C14H14ClO3P. The molecule has 100 valence electrons. The average Bonchev–Trinajstić information content (AvgIpc) is 2.46. The molecular weight excluding hydrogens is 283 g/mol. The molecule has 0 heterocycles. The van der Waals surface area contributed by atoms with Gasteiger partial charge in [0.1, 0.15) is 4.87 Å². The fourth-order valence-corrected chi connectivity index (χ4v) is 2.64. The van der Waals surface area contributed by atoms with Crippen molar-refractivity contribution in [2.45, 2.75) is 4.87 Å². The Kier molecular flexibility index (Phi) is 4.78. The highest BCUT2D eigenvalue weighted by Crippen LogP contribution is 2.38. The van der Waals surface area contributed by atoms with E-state index in [9.17, 15) is 4.57 Å². The van der Waals surface area contributed by atoms with Crippen LogP contribution in [0.15, 0.2) is 60.7 Å². The molecule has 5 heteroatoms. The van der Waals surface area contributed by atoms with Gasteiger partial charge < -0.3 is 9.42 Å². The summed E-state index contributed by atoms with van der Waals surface area (Å²) in [7, 11) is -3.02. The molecule has 0 aliphatic heterocycles. The molecule has 1 unspecified atom stereocenters. The molecule has 0 bridgehead atoms. The second-order valence-corrected chi connectivity index (χ2v) is 5.55. The lowest BCUT2D eigenvalue weighted by molar-refractivity contribution is 0.259. The highest BCUT2D eigenvalue weighted by molar-refractivity contribution is 7.32. The third kappa shape index (κ3) is 3.46. The molecule has 0 amide bonds. The first-order chi connectivity index (χ1) is 9.13. The predicted molar refractivity (Wildman–Crippen MR) is 76.7 cm³/mol. The van der Waals surface area contributed by atoms with Gasteiger partial charge in [-0.1, -0.05) is 60.7 Å². The molecule has 0 aliphatic rings. The van der Waals surface area contributed by atoms with E-state index in [0.29, 0.717) is 0 Å². The molecule has 0 saturated carbocycles. The molecule has 2 aromatic rings. The SMILES string of the molecule is O=[PH](O)OCC(Cl)(c1ccccc1)c1ccccc1. The summed E-state index contributed by atoms with van der Waals surface area (Å²) < 4.78 is 15.7. The lowest BCUT2D eigenvalue weighted by Gasteiger charge is -2.27. The minimum atomic E-state index is -3.02. The first-order valence-electron chi connectivity index (χ1n) is 5.78. The highest BCUT2D eigenvalue weighted by atomic mass is 35.5. The Morgan fingerprint density at radius 2 is 1.42 bits per heavy atom. The van der Waals surface area contributed by atoms with Gasteiger partial charge in [0.15, 0.2) is 0 Å². The van der Waals surface area contributed by atoms with Crippen LogP contribution < -0.4 is 0 Å². The van der Waals surface area contributed by atoms with Crippen LogP contribution in [-0.4, -0.2) is 11.5 Å². The first-order valence-corrected chi connectivity index (χ1v) is 7.43. The number of benzene rings is 2. The monoisotopic (exact) mass is 296 g/mol. The fourth-order valence-electron chi connectivity index (χ4n) is 1.90. The molecule has 2 aromatic carbocycles. The van der Waals surface area contributed by atoms with E-state index >= 15 is 0 Å². The van der Waals surface area contributed by atoms with E-state index in [1.165, 1.54) is 0 Å². The van der Waals surface area contributed by atoms with Gasteiger partial charge in [-0.3, -0.25) is 4.57 Å². The lowest BCUT2D eigenvalue weighted by atomic mass is 9.91. The molecule has 19 heavy (non-hydrogen) atoms. The third-order valence-corrected chi connectivity index (χ3v) is 3.79. The average molecular weight is 297 g/mol. The molecule has 3 nitrogen and oxygen atoms in total. The van der Waals surface area contributed by atoms with Crippen molar-refractivity contribution in [3.05, 3.63) is 71.8 Å². The van der Waals surface area contributed by atoms with Crippen molar-refractivity contribution >= 4 is 19.9 Å². The van der Waals surface area contributed by atoms with Gasteiger partial charge in [0, 0.05) is 0 Å². The van der Waals surface area contributed by atoms with E-state index in [1.54, 1.807) is 0 Å². The number of alkyl halides is 1. The van der Waals surface area contributed by atoms with Crippen LogP contribution >= 0.6 is 19.9 Å². The zero-order valence-electron chi connectivity index (χ0n) is 10.1. The second-order valence-electron chi connectivity index (χ2n) is 4.09. The van der Waals surface area contributed by atoms with Gasteiger partial charge in [-0.05, 0) is 11.1 Å². The summed E-state index contributed by atoms with van der Waals surface area (Å²) in [6, 6.07) is 18.8. The molecule has 1 N–H and O–H groups in total. The van der Waals surface area contributed by atoms with E-state index in [-0.39, 0.29) is 6.61 Å². The van der Waals surface area contributed by atoms with Crippen LogP contribution in [0.4, 0.5) is 0 Å². The summed E-state index contributed by atoms with van der Waals surface area (Å²) in [5, 5.41) is 0. The summed E-state index contributed by atoms with van der Waals surface area (Å²) in [5.74, 6) is 0. The van der Waals surface area contributed by atoms with E-state index in [1.807, 2.05) is 60.7 Å². The zero-order chi connectivity index (χ0) is 13.7. The van der Waals surface area contributed by atoms with Crippen molar-refractivity contribution in [2.24, 2.45) is 0 Å². The van der Waals surface area contributed by atoms with Crippen molar-refractivity contribution in [1.29, 1.82) is 0 Å². The van der Waals surface area contributed by atoms with E-state index in [0.717, 1.165) is 11.1 Å². The van der Waals surface area contributed by atoms with Crippen LogP contribution in [0.1, 0.15) is 11.1 Å². The molecule has 0 saturated heterocycles. The first kappa shape index (κ1) is 14.3. The molecule has 1 atom stereocenters. The van der Waals surface area contributed by atoms with Crippen molar-refractivity contribution in [3.63, 3.8) is 0 Å². The summed E-state index contributed by atoms with van der Waals surface area (Å²) in [6.45, 7) is -0.0587. The van der Waals surface area contributed by atoms with Crippen LogP contribution in [0, 0.1) is 0 Å². The van der Waals surface area contributed by atoms with Crippen molar-refractivity contribution in [2.75, 3.05) is 6.61 Å². The van der Waals surface area contributed by atoms with E-state index in [2.05, 4.69) is 0 Å². The number of hydrogen-bond donors (Lipinski definition) is 1. The van der Waals surface area contributed by atoms with E-state index in [4.69, 9.17) is 21.0 Å². The van der Waals surface area contributed by atoms with Gasteiger partial charge in [0.25, 0.3) is 0 Å². The topological polar surface area (TPSA) is 46.5 Å². The normalized spacial score (nSPS) is 13.2. The maximum Gasteiger partial charge on any atom is 0.316 e. The molecule has 0 aliphatic carbocycles. The lowest BCUT2D eigenvalue weighted by Crippen LogP contribution is -2.25. The maximum absolute atomic E-state index is 10.8. The van der Waals surface area contributed by atoms with Crippen LogP contribution in [0.3, 0.4) is 0 Å². The Labute approximate surface area is 117 Å². The summed E-state index contributed by atoms with van der Waals surface area (Å²) in [6.07, 6.45) is 0. The Bertz CT molecular complexity index is 506. The highest BCUT2D eigenvalue weighted by Gasteiger charge is 2.32. The molecule has 0 fully saturated rings. The third-order valence-electron chi connectivity index (χ3n) is 2.86. The number of halogens is 1. The fraction of sp³-hybridized carbons (Fsp3) is 0.143. The summed E-state index contributed by atoms with van der Waals surface area (Å²) >= 11 is 6.68. The van der Waals surface area contributed by atoms with Crippen LogP contribution in [0.2, 0.25) is 0 Å². The maximum atomic E-state index is 10.8. The van der Waals surface area contributed by atoms with Crippen molar-refractivity contribution in [1.82, 2.24) is 0 Å². The van der Waals surface area contributed by atoms with Crippen molar-refractivity contribution < 1.29 is 14.0 Å². The quantitative estimate of drug-likeness (QED) is 0.678. The summed E-state index contributed by atoms with van der Waals surface area (Å²) in [4.78, 5) is 7.91. The van der Waals surface area contributed by atoms with Crippen LogP contribution in [-0.2, 0) is 14.0 Å². The van der Waals surface area contributed by atoms with Gasteiger partial charge in [0.05, 0.1) is 6.61 Å². The Morgan fingerprint density at radius 1 is 1.00 bits per heavy atom.